The third-order valence-electron chi connectivity index (χ3n) is 5.48. The van der Waals surface area contributed by atoms with Gasteiger partial charge < -0.3 is 21.5 Å². The Hall–Kier alpha value is -4.55. The number of carboxylic acid groups (broad SMARTS) is 1. The molecule has 0 atom stereocenters. The van der Waals surface area contributed by atoms with Crippen LogP contribution in [0.2, 0.25) is 0 Å². The number of hydrogen-bond acceptors (Lipinski definition) is 7. The molecule has 0 aliphatic heterocycles. The van der Waals surface area contributed by atoms with Crippen LogP contribution in [0.15, 0.2) is 66.7 Å². The van der Waals surface area contributed by atoms with Crippen molar-refractivity contribution in [2.45, 2.75) is 19.4 Å². The zero-order chi connectivity index (χ0) is 29.0. The fourth-order valence-electron chi connectivity index (χ4n) is 3.78. The summed E-state index contributed by atoms with van der Waals surface area (Å²) in [5, 5.41) is 22.7. The number of carbonyl (C=O) groups is 3. The molecule has 0 bridgehead atoms. The molecule has 0 saturated carbocycles. The number of benzene rings is 3. The zero-order valence-corrected chi connectivity index (χ0v) is 22.3. The van der Waals surface area contributed by atoms with Crippen molar-refractivity contribution in [2.75, 3.05) is 18.1 Å². The second kappa shape index (κ2) is 11.5. The molecule has 6 N–H and O–H groups in total. The maximum Gasteiger partial charge on any atom is 0.336 e. The van der Waals surface area contributed by atoms with E-state index in [2.05, 4.69) is 10.6 Å². The Kier molecular flexibility index (Phi) is 8.52. The van der Waals surface area contributed by atoms with Crippen LogP contribution < -0.4 is 16.4 Å². The first-order valence-electron chi connectivity index (χ1n) is 11.6. The van der Waals surface area contributed by atoms with Gasteiger partial charge in [-0.25, -0.2) is 4.79 Å². The van der Waals surface area contributed by atoms with Crippen molar-refractivity contribution < 1.29 is 32.1 Å². The van der Waals surface area contributed by atoms with Gasteiger partial charge in [0, 0.05) is 28.9 Å². The lowest BCUT2D eigenvalue weighted by atomic mass is 9.93. The molecule has 0 unspecified atom stereocenters. The molecule has 12 heteroatoms. The van der Waals surface area contributed by atoms with Crippen LogP contribution in [-0.4, -0.2) is 55.5 Å². The zero-order valence-electron chi connectivity index (χ0n) is 21.4. The molecule has 0 fully saturated rings. The summed E-state index contributed by atoms with van der Waals surface area (Å²) in [4.78, 5) is 38.0. The standard InChI is InChI=1S/C27H28N4O7S/c1-27(2,38-39(3,36)37)15-30-24(32)17-10-13-20(22(14-17)26(34)35)19-6-4-5-7-21(19)25(33)31-18-11-8-16(9-12-18)23(28)29/h4-14H,15H2,1-3H3,(H3,28,29)(H,30,32)(H,31,33)(H,34,35). The molecule has 0 radical (unpaired) electrons. The Morgan fingerprint density at radius 2 is 1.51 bits per heavy atom. The van der Waals surface area contributed by atoms with Gasteiger partial charge in [0.25, 0.3) is 21.9 Å². The number of anilines is 1. The summed E-state index contributed by atoms with van der Waals surface area (Å²) in [7, 11) is -3.76. The van der Waals surface area contributed by atoms with Gasteiger partial charge in [-0.1, -0.05) is 24.3 Å². The predicted octanol–water partition coefficient (Wildman–Crippen LogP) is 3.07. The highest BCUT2D eigenvalue weighted by Gasteiger charge is 2.26. The molecule has 204 valence electrons. The van der Waals surface area contributed by atoms with Crippen LogP contribution >= 0.6 is 0 Å². The number of hydrogen-bond donors (Lipinski definition) is 5. The van der Waals surface area contributed by atoms with Crippen LogP contribution in [0.25, 0.3) is 11.1 Å². The molecule has 11 nitrogen and oxygen atoms in total. The second-order valence-electron chi connectivity index (χ2n) is 9.29. The SMILES string of the molecule is CC(C)(CNC(=O)c1ccc(-c2ccccc2C(=O)Nc2ccc(C(=N)N)cc2)c(C(=O)O)c1)OS(C)(=O)=O. The normalized spacial score (nSPS) is 11.5. The van der Waals surface area contributed by atoms with Crippen molar-refractivity contribution >= 4 is 39.4 Å². The highest BCUT2D eigenvalue weighted by Crippen LogP contribution is 2.29. The van der Waals surface area contributed by atoms with Crippen LogP contribution in [0.4, 0.5) is 5.69 Å². The highest BCUT2D eigenvalue weighted by molar-refractivity contribution is 7.86. The maximum absolute atomic E-state index is 13.1. The summed E-state index contributed by atoms with van der Waals surface area (Å²) in [6.45, 7) is 2.82. The quantitative estimate of drug-likeness (QED) is 0.144. The number of nitrogens with two attached hydrogens (primary N) is 1. The number of carbonyl (C=O) groups excluding carboxylic acids is 2. The van der Waals surface area contributed by atoms with Crippen molar-refractivity contribution in [3.8, 4) is 11.1 Å². The largest absolute Gasteiger partial charge is 0.478 e. The minimum Gasteiger partial charge on any atom is -0.478 e. The number of nitrogen functional groups attached to an aromatic ring is 1. The minimum absolute atomic E-state index is 0.0267. The number of aromatic carboxylic acids is 1. The lowest BCUT2D eigenvalue weighted by molar-refractivity contribution is 0.0697. The van der Waals surface area contributed by atoms with Crippen molar-refractivity contribution in [1.82, 2.24) is 5.32 Å². The first-order chi connectivity index (χ1) is 18.2. The number of amides is 2. The molecule has 0 spiro atoms. The molecule has 3 rings (SSSR count). The third-order valence-corrected chi connectivity index (χ3v) is 6.23. The Bertz CT molecular complexity index is 1550. The average molecular weight is 553 g/mol. The summed E-state index contributed by atoms with van der Waals surface area (Å²) in [6.07, 6.45) is 0.900. The lowest BCUT2D eigenvalue weighted by Crippen LogP contribution is -2.41. The number of carboxylic acids is 1. The van der Waals surface area contributed by atoms with E-state index >= 15 is 0 Å². The van der Waals surface area contributed by atoms with E-state index in [4.69, 9.17) is 15.3 Å². The average Bonchev–Trinajstić information content (AvgIpc) is 2.86. The molecule has 0 aromatic heterocycles. The van der Waals surface area contributed by atoms with Gasteiger partial charge in [0.05, 0.1) is 17.4 Å². The van der Waals surface area contributed by atoms with Crippen molar-refractivity contribution in [2.24, 2.45) is 5.73 Å². The van der Waals surface area contributed by atoms with E-state index in [0.29, 0.717) is 16.8 Å². The van der Waals surface area contributed by atoms with Crippen molar-refractivity contribution in [3.05, 3.63) is 89.0 Å². The molecule has 0 saturated heterocycles. The van der Waals surface area contributed by atoms with Crippen molar-refractivity contribution in [3.63, 3.8) is 0 Å². The number of amidine groups is 1. The van der Waals surface area contributed by atoms with Gasteiger partial charge in [0.2, 0.25) is 0 Å². The van der Waals surface area contributed by atoms with Gasteiger partial charge in [-0.05, 0) is 67.4 Å². The van der Waals surface area contributed by atoms with E-state index in [1.54, 1.807) is 48.5 Å². The van der Waals surface area contributed by atoms with Gasteiger partial charge in [-0.2, -0.15) is 8.42 Å². The first-order valence-corrected chi connectivity index (χ1v) is 13.4. The van der Waals surface area contributed by atoms with Gasteiger partial charge in [-0.15, -0.1) is 0 Å². The van der Waals surface area contributed by atoms with Gasteiger partial charge in [0.1, 0.15) is 5.84 Å². The van der Waals surface area contributed by atoms with Gasteiger partial charge >= 0.3 is 5.97 Å². The van der Waals surface area contributed by atoms with Crippen LogP contribution in [-0.2, 0) is 14.3 Å². The monoisotopic (exact) mass is 552 g/mol. The smallest absolute Gasteiger partial charge is 0.336 e. The molecule has 0 aliphatic carbocycles. The number of rotatable bonds is 10. The van der Waals surface area contributed by atoms with E-state index in [1.165, 1.54) is 32.0 Å². The fraction of sp³-hybridized carbons (Fsp3) is 0.185. The third kappa shape index (κ3) is 7.72. The Morgan fingerprint density at radius 3 is 2.10 bits per heavy atom. The van der Waals surface area contributed by atoms with Gasteiger partial charge in [0.15, 0.2) is 0 Å². The first kappa shape index (κ1) is 29.0. The van der Waals surface area contributed by atoms with E-state index in [1.807, 2.05) is 0 Å². The predicted molar refractivity (Wildman–Crippen MR) is 147 cm³/mol. The number of nitrogens with one attached hydrogen (secondary N) is 3. The molecule has 0 aliphatic rings. The Labute approximate surface area is 225 Å². The molecule has 0 heterocycles. The summed E-state index contributed by atoms with van der Waals surface area (Å²) < 4.78 is 27.8. The van der Waals surface area contributed by atoms with E-state index < -0.39 is 33.5 Å². The van der Waals surface area contributed by atoms with Crippen LogP contribution in [0.5, 0.6) is 0 Å². The highest BCUT2D eigenvalue weighted by atomic mass is 32.2. The Balaban J connectivity index is 1.88. The molecule has 3 aromatic rings. The van der Waals surface area contributed by atoms with Crippen molar-refractivity contribution in [1.29, 1.82) is 5.41 Å². The van der Waals surface area contributed by atoms with Crippen LogP contribution in [0.1, 0.15) is 50.5 Å². The molecular formula is C27H28N4O7S. The Morgan fingerprint density at radius 1 is 0.923 bits per heavy atom. The summed E-state index contributed by atoms with van der Waals surface area (Å²) >= 11 is 0. The topological polar surface area (TPSA) is 189 Å². The molecule has 39 heavy (non-hydrogen) atoms. The minimum atomic E-state index is -3.76. The summed E-state index contributed by atoms with van der Waals surface area (Å²) in [5.74, 6) is -2.54. The van der Waals surface area contributed by atoms with E-state index in [9.17, 15) is 27.9 Å². The second-order valence-corrected chi connectivity index (χ2v) is 10.9. The lowest BCUT2D eigenvalue weighted by Gasteiger charge is -2.23. The van der Waals surface area contributed by atoms with Crippen LogP contribution in [0.3, 0.4) is 0 Å². The summed E-state index contributed by atoms with van der Waals surface area (Å²) in [5.41, 5.74) is 5.76. The van der Waals surface area contributed by atoms with E-state index in [0.717, 1.165) is 6.26 Å². The van der Waals surface area contributed by atoms with Gasteiger partial charge in [-0.3, -0.25) is 19.2 Å². The summed E-state index contributed by atoms with van der Waals surface area (Å²) in [6, 6.07) is 16.8. The molecular weight excluding hydrogens is 524 g/mol. The maximum atomic E-state index is 13.1. The van der Waals surface area contributed by atoms with Crippen LogP contribution in [0, 0.1) is 5.41 Å². The fourth-order valence-corrected chi connectivity index (χ4v) is 4.66. The molecule has 2 amide bonds. The van der Waals surface area contributed by atoms with E-state index in [-0.39, 0.29) is 34.6 Å². The molecule has 3 aromatic carbocycles.